The van der Waals surface area contributed by atoms with Gasteiger partial charge in [0.15, 0.2) is 6.61 Å². The fourth-order valence-corrected chi connectivity index (χ4v) is 1.43. The summed E-state index contributed by atoms with van der Waals surface area (Å²) in [5.41, 5.74) is 0.878. The van der Waals surface area contributed by atoms with Crippen molar-refractivity contribution in [3.8, 4) is 11.8 Å². The van der Waals surface area contributed by atoms with E-state index in [1.807, 2.05) is 44.2 Å². The molecule has 1 aromatic carbocycles. The van der Waals surface area contributed by atoms with Crippen LogP contribution < -0.4 is 10.1 Å². The average molecular weight is 248 g/mol. The fraction of sp³-hybridized carbons (Fsp3) is 0.500. The van der Waals surface area contributed by atoms with E-state index >= 15 is 0 Å². The van der Waals surface area contributed by atoms with Crippen LogP contribution in [-0.4, -0.2) is 23.9 Å². The van der Waals surface area contributed by atoms with E-state index in [9.17, 15) is 5.11 Å². The first-order valence-corrected chi connectivity index (χ1v) is 6.08. The molecule has 0 saturated carbocycles. The van der Waals surface area contributed by atoms with Gasteiger partial charge in [0.05, 0.1) is 6.61 Å². The highest BCUT2D eigenvalue weighted by Gasteiger charge is 2.19. The first-order valence-electron chi connectivity index (χ1n) is 6.08. The zero-order chi connectivity index (χ0) is 13.4. The smallest absolute Gasteiger partial charge is 0.174 e. The predicted molar refractivity (Wildman–Crippen MR) is 70.2 cm³/mol. The van der Waals surface area contributed by atoms with Crippen LogP contribution in [0.15, 0.2) is 24.3 Å². The van der Waals surface area contributed by atoms with Crippen LogP contribution in [0, 0.1) is 11.3 Å². The molecule has 2 N–H and O–H groups in total. The Labute approximate surface area is 108 Å². The number of hydrogen-bond acceptors (Lipinski definition) is 4. The summed E-state index contributed by atoms with van der Waals surface area (Å²) in [5.74, 6) is 0.695. The Kier molecular flexibility index (Phi) is 5.63. The zero-order valence-electron chi connectivity index (χ0n) is 10.9. The monoisotopic (exact) mass is 248 g/mol. The molecule has 0 heterocycles. The third-order valence-electron chi connectivity index (χ3n) is 3.08. The van der Waals surface area contributed by atoms with Crippen molar-refractivity contribution in [1.82, 2.24) is 5.32 Å². The summed E-state index contributed by atoms with van der Waals surface area (Å²) < 4.78 is 5.18. The second kappa shape index (κ2) is 7.00. The van der Waals surface area contributed by atoms with Crippen LogP contribution in [0.3, 0.4) is 0 Å². The number of aliphatic hydroxyl groups is 1. The van der Waals surface area contributed by atoms with Crippen LogP contribution in [0.25, 0.3) is 0 Å². The molecule has 1 atom stereocenters. The van der Waals surface area contributed by atoms with Crippen LogP contribution in [-0.2, 0) is 6.54 Å². The summed E-state index contributed by atoms with van der Waals surface area (Å²) in [5, 5.41) is 21.0. The highest BCUT2D eigenvalue weighted by atomic mass is 16.5. The molecule has 0 fully saturated rings. The van der Waals surface area contributed by atoms with Crippen molar-refractivity contribution in [2.45, 2.75) is 32.4 Å². The molecular formula is C14H20N2O2. The van der Waals surface area contributed by atoms with Crippen LogP contribution >= 0.6 is 0 Å². The summed E-state index contributed by atoms with van der Waals surface area (Å²) in [6, 6.07) is 9.52. The van der Waals surface area contributed by atoms with Crippen molar-refractivity contribution in [1.29, 1.82) is 5.26 Å². The maximum Gasteiger partial charge on any atom is 0.174 e. The van der Waals surface area contributed by atoms with Gasteiger partial charge in [-0.25, -0.2) is 0 Å². The molecule has 4 nitrogen and oxygen atoms in total. The second-order valence-electron chi connectivity index (χ2n) is 4.52. The number of hydrogen-bond donors (Lipinski definition) is 2. The Morgan fingerprint density at radius 2 is 2.06 bits per heavy atom. The Bertz CT molecular complexity index is 391. The highest BCUT2D eigenvalue weighted by molar-refractivity contribution is 5.27. The fourth-order valence-electron chi connectivity index (χ4n) is 1.43. The zero-order valence-corrected chi connectivity index (χ0v) is 10.9. The van der Waals surface area contributed by atoms with Crippen molar-refractivity contribution in [2.75, 3.05) is 13.2 Å². The van der Waals surface area contributed by atoms with E-state index in [-0.39, 0.29) is 18.8 Å². The van der Waals surface area contributed by atoms with E-state index in [0.717, 1.165) is 12.0 Å². The molecule has 0 saturated heterocycles. The molecule has 0 aromatic heterocycles. The number of nitrogens with zero attached hydrogens (tertiary/aromatic N) is 1. The lowest BCUT2D eigenvalue weighted by Gasteiger charge is -2.27. The maximum atomic E-state index is 9.29. The minimum absolute atomic E-state index is 0.0655. The molecule has 1 rings (SSSR count). The van der Waals surface area contributed by atoms with Gasteiger partial charge in [0.2, 0.25) is 0 Å². The van der Waals surface area contributed by atoms with Gasteiger partial charge >= 0.3 is 0 Å². The van der Waals surface area contributed by atoms with Gasteiger partial charge in [-0.1, -0.05) is 19.1 Å². The minimum atomic E-state index is -0.240. The number of rotatable bonds is 7. The topological polar surface area (TPSA) is 65.3 Å². The first kappa shape index (κ1) is 14.5. The van der Waals surface area contributed by atoms with Crippen molar-refractivity contribution in [3.63, 3.8) is 0 Å². The van der Waals surface area contributed by atoms with Gasteiger partial charge in [0, 0.05) is 12.1 Å². The standard InChI is InChI=1S/C14H20N2O2/c1-3-14(2,11-17)16-10-12-4-6-13(7-5-12)18-9-8-15/h4-7,16-17H,3,9-11H2,1-2H3. The lowest BCUT2D eigenvalue weighted by Crippen LogP contribution is -2.44. The molecule has 0 amide bonds. The lowest BCUT2D eigenvalue weighted by atomic mass is 10.00. The van der Waals surface area contributed by atoms with Crippen LogP contribution in [0.1, 0.15) is 25.8 Å². The Morgan fingerprint density at radius 3 is 2.56 bits per heavy atom. The van der Waals surface area contributed by atoms with Crippen LogP contribution in [0.5, 0.6) is 5.75 Å². The van der Waals surface area contributed by atoms with Gasteiger partial charge in [-0.2, -0.15) is 5.26 Å². The van der Waals surface area contributed by atoms with E-state index in [4.69, 9.17) is 10.00 Å². The molecule has 0 aliphatic rings. The molecule has 1 aromatic rings. The SMILES string of the molecule is CCC(C)(CO)NCc1ccc(OCC#N)cc1. The van der Waals surface area contributed by atoms with Crippen molar-refractivity contribution < 1.29 is 9.84 Å². The summed E-state index contributed by atoms with van der Waals surface area (Å²) in [6.45, 7) is 4.92. The summed E-state index contributed by atoms with van der Waals surface area (Å²) >= 11 is 0. The van der Waals surface area contributed by atoms with E-state index in [1.54, 1.807) is 0 Å². The normalized spacial score (nSPS) is 13.7. The molecule has 0 aliphatic carbocycles. The van der Waals surface area contributed by atoms with Gasteiger partial charge in [0.25, 0.3) is 0 Å². The Balaban J connectivity index is 2.51. The number of ether oxygens (including phenoxy) is 1. The molecule has 0 spiro atoms. The molecule has 0 radical (unpaired) electrons. The first-order chi connectivity index (χ1) is 8.63. The molecule has 0 bridgehead atoms. The summed E-state index contributed by atoms with van der Waals surface area (Å²) in [4.78, 5) is 0. The minimum Gasteiger partial charge on any atom is -0.479 e. The molecule has 1 unspecified atom stereocenters. The van der Waals surface area contributed by atoms with Gasteiger partial charge in [-0.15, -0.1) is 0 Å². The Morgan fingerprint density at radius 1 is 1.39 bits per heavy atom. The highest BCUT2D eigenvalue weighted by Crippen LogP contribution is 2.14. The van der Waals surface area contributed by atoms with E-state index < -0.39 is 0 Å². The second-order valence-corrected chi connectivity index (χ2v) is 4.52. The van der Waals surface area contributed by atoms with Crippen molar-refractivity contribution in [2.24, 2.45) is 0 Å². The van der Waals surface area contributed by atoms with Gasteiger partial charge in [0.1, 0.15) is 11.8 Å². The van der Waals surface area contributed by atoms with Gasteiger partial charge < -0.3 is 15.2 Å². The van der Waals surface area contributed by atoms with Gasteiger partial charge in [-0.3, -0.25) is 0 Å². The number of nitrogens with one attached hydrogen (secondary N) is 1. The van der Waals surface area contributed by atoms with E-state index in [1.165, 1.54) is 0 Å². The summed E-state index contributed by atoms with van der Waals surface area (Å²) in [7, 11) is 0. The maximum absolute atomic E-state index is 9.29. The number of nitriles is 1. The largest absolute Gasteiger partial charge is 0.479 e. The molecule has 98 valence electrons. The molecule has 4 heteroatoms. The Hall–Kier alpha value is -1.57. The third kappa shape index (κ3) is 4.36. The lowest BCUT2D eigenvalue weighted by molar-refractivity contribution is 0.169. The quantitative estimate of drug-likeness (QED) is 0.772. The van der Waals surface area contributed by atoms with E-state index in [0.29, 0.717) is 12.3 Å². The molecule has 0 aliphatic heterocycles. The van der Waals surface area contributed by atoms with E-state index in [2.05, 4.69) is 5.32 Å². The average Bonchev–Trinajstić information content (AvgIpc) is 2.43. The third-order valence-corrected chi connectivity index (χ3v) is 3.08. The van der Waals surface area contributed by atoms with Gasteiger partial charge in [-0.05, 0) is 31.0 Å². The summed E-state index contributed by atoms with van der Waals surface area (Å²) in [6.07, 6.45) is 0.868. The van der Waals surface area contributed by atoms with Crippen molar-refractivity contribution >= 4 is 0 Å². The van der Waals surface area contributed by atoms with Crippen LogP contribution in [0.2, 0.25) is 0 Å². The number of aliphatic hydroxyl groups excluding tert-OH is 1. The molecule has 18 heavy (non-hydrogen) atoms. The molecular weight excluding hydrogens is 228 g/mol. The van der Waals surface area contributed by atoms with Crippen LogP contribution in [0.4, 0.5) is 0 Å². The predicted octanol–water partition coefficient (Wildman–Crippen LogP) is 1.84. The van der Waals surface area contributed by atoms with Crippen molar-refractivity contribution in [3.05, 3.63) is 29.8 Å². The number of benzene rings is 1.